The van der Waals surface area contributed by atoms with Crippen LogP contribution in [0.15, 0.2) is 60.2 Å². The second-order valence-corrected chi connectivity index (χ2v) is 7.07. The van der Waals surface area contributed by atoms with E-state index in [2.05, 4.69) is 0 Å². The van der Waals surface area contributed by atoms with E-state index in [-0.39, 0.29) is 5.57 Å². The number of rotatable bonds is 6. The van der Waals surface area contributed by atoms with Gasteiger partial charge >= 0.3 is 0 Å². The van der Waals surface area contributed by atoms with Crippen LogP contribution in [-0.4, -0.2) is 50.9 Å². The number of methoxy groups -OCH3 is 1. The fourth-order valence-electron chi connectivity index (χ4n) is 3.35. The molecule has 6 heteroatoms. The van der Waals surface area contributed by atoms with Gasteiger partial charge in [-0.25, -0.2) is 0 Å². The van der Waals surface area contributed by atoms with Crippen LogP contribution >= 0.6 is 0 Å². The van der Waals surface area contributed by atoms with Crippen LogP contribution in [0, 0.1) is 0 Å². The number of Topliss-reactive ketones (excluding diaryl/α,β-unsaturated/α-hetero) is 1. The maximum Gasteiger partial charge on any atom is 0.295 e. The molecule has 0 radical (unpaired) electrons. The van der Waals surface area contributed by atoms with Crippen molar-refractivity contribution in [3.05, 3.63) is 71.3 Å². The van der Waals surface area contributed by atoms with Crippen molar-refractivity contribution < 1.29 is 24.3 Å². The number of likely N-dealkylation sites (tertiary alicyclic amines) is 1. The van der Waals surface area contributed by atoms with E-state index in [0.29, 0.717) is 30.0 Å². The lowest BCUT2D eigenvalue weighted by Gasteiger charge is -2.28. The third-order valence-corrected chi connectivity index (χ3v) is 4.83. The fourth-order valence-corrected chi connectivity index (χ4v) is 3.35. The molecule has 0 aromatic heterocycles. The molecule has 1 saturated heterocycles. The van der Waals surface area contributed by atoms with Gasteiger partial charge in [0, 0.05) is 5.57 Å². The second kappa shape index (κ2) is 8.27. The number of nitrogens with zero attached hydrogens (tertiary/aromatic N) is 1. The van der Waals surface area contributed by atoms with Gasteiger partial charge in [-0.1, -0.05) is 48.2 Å². The Labute approximate surface area is 164 Å². The summed E-state index contributed by atoms with van der Waals surface area (Å²) >= 11 is 0. The molecule has 1 heterocycles. The number of hydrogen-bond acceptors (Lipinski definition) is 4. The highest BCUT2D eigenvalue weighted by molar-refractivity contribution is 6.46. The van der Waals surface area contributed by atoms with Crippen molar-refractivity contribution in [2.24, 2.45) is 0 Å². The summed E-state index contributed by atoms with van der Waals surface area (Å²) < 4.78 is 5.30. The van der Waals surface area contributed by atoms with Gasteiger partial charge in [-0.2, -0.15) is 0 Å². The molecular weight excluding hydrogens is 356 g/mol. The number of amides is 1. The monoisotopic (exact) mass is 380 g/mol. The molecule has 28 heavy (non-hydrogen) atoms. The van der Waals surface area contributed by atoms with Gasteiger partial charge in [0.25, 0.3) is 5.91 Å². The van der Waals surface area contributed by atoms with Crippen molar-refractivity contribution in [2.75, 3.05) is 34.3 Å². The maximum absolute atomic E-state index is 13.2. The summed E-state index contributed by atoms with van der Waals surface area (Å²) in [7, 11) is 5.50. The van der Waals surface area contributed by atoms with E-state index < -0.39 is 23.5 Å². The largest absolute Gasteiger partial charge is 0.872 e. The predicted molar refractivity (Wildman–Crippen MR) is 103 cm³/mol. The van der Waals surface area contributed by atoms with Gasteiger partial charge in [-0.05, 0) is 23.3 Å². The van der Waals surface area contributed by atoms with Crippen molar-refractivity contribution in [1.82, 2.24) is 4.90 Å². The number of carbonyl (C=O) groups excluding carboxylic acids is 2. The van der Waals surface area contributed by atoms with Crippen LogP contribution in [-0.2, 0) is 9.59 Å². The number of ketones is 1. The highest BCUT2D eigenvalue weighted by Gasteiger charge is 2.44. The van der Waals surface area contributed by atoms with Crippen LogP contribution in [0.3, 0.4) is 0 Å². The number of carbonyl (C=O) groups is 2. The van der Waals surface area contributed by atoms with Crippen molar-refractivity contribution in [3.63, 3.8) is 0 Å². The molecule has 0 spiro atoms. The van der Waals surface area contributed by atoms with E-state index in [9.17, 15) is 14.7 Å². The molecule has 1 aliphatic rings. The third-order valence-electron chi connectivity index (χ3n) is 4.83. The zero-order chi connectivity index (χ0) is 20.3. The lowest BCUT2D eigenvalue weighted by atomic mass is 9.95. The topological polar surface area (TPSA) is 74.1 Å². The SMILES string of the molecule is COc1cccc(C2C(=C([O-])c3ccccc3)C(=O)C(=O)N2CC[NH+](C)C)c1. The Bertz CT molecular complexity index is 906. The molecule has 2 aromatic rings. The summed E-state index contributed by atoms with van der Waals surface area (Å²) in [4.78, 5) is 28.2. The molecule has 146 valence electrons. The van der Waals surface area contributed by atoms with Crippen LogP contribution in [0.4, 0.5) is 0 Å². The highest BCUT2D eigenvalue weighted by atomic mass is 16.5. The lowest BCUT2D eigenvalue weighted by Crippen LogP contribution is -3.06. The molecule has 0 bridgehead atoms. The van der Waals surface area contributed by atoms with Gasteiger partial charge in [0.15, 0.2) is 0 Å². The van der Waals surface area contributed by atoms with Gasteiger partial charge in [-0.3, -0.25) is 9.59 Å². The third kappa shape index (κ3) is 3.77. The Morgan fingerprint density at radius 2 is 1.82 bits per heavy atom. The summed E-state index contributed by atoms with van der Waals surface area (Å²) in [5.41, 5.74) is 1.08. The molecule has 6 nitrogen and oxygen atoms in total. The van der Waals surface area contributed by atoms with Crippen LogP contribution in [0.5, 0.6) is 5.75 Å². The molecule has 1 fully saturated rings. The van der Waals surface area contributed by atoms with E-state index >= 15 is 0 Å². The Balaban J connectivity index is 2.15. The fraction of sp³-hybridized carbons (Fsp3) is 0.273. The maximum atomic E-state index is 13.2. The van der Waals surface area contributed by atoms with E-state index in [1.165, 1.54) is 4.90 Å². The average Bonchev–Trinajstić information content (AvgIpc) is 2.97. The van der Waals surface area contributed by atoms with Gasteiger partial charge in [0.05, 0.1) is 40.3 Å². The number of quaternary nitrogens is 1. The zero-order valence-electron chi connectivity index (χ0n) is 16.3. The first-order chi connectivity index (χ1) is 13.4. The van der Waals surface area contributed by atoms with Crippen molar-refractivity contribution in [2.45, 2.75) is 6.04 Å². The summed E-state index contributed by atoms with van der Waals surface area (Å²) in [6.07, 6.45) is 0. The van der Waals surface area contributed by atoms with Crippen molar-refractivity contribution in [3.8, 4) is 5.75 Å². The number of nitrogens with one attached hydrogen (secondary N) is 1. The number of hydrogen-bond donors (Lipinski definition) is 1. The first-order valence-corrected chi connectivity index (χ1v) is 9.19. The summed E-state index contributed by atoms with van der Waals surface area (Å²) in [5, 5.41) is 13.2. The molecule has 3 rings (SSSR count). The molecule has 0 saturated carbocycles. The molecule has 1 unspecified atom stereocenters. The van der Waals surface area contributed by atoms with E-state index in [1.54, 1.807) is 55.6 Å². The Hall–Kier alpha value is -3.12. The minimum Gasteiger partial charge on any atom is -0.872 e. The summed E-state index contributed by atoms with van der Waals surface area (Å²) in [6, 6.07) is 15.0. The molecule has 1 atom stereocenters. The minimum absolute atomic E-state index is 0.00166. The van der Waals surface area contributed by atoms with Crippen LogP contribution < -0.4 is 14.7 Å². The van der Waals surface area contributed by atoms with E-state index in [4.69, 9.17) is 4.74 Å². The van der Waals surface area contributed by atoms with Crippen molar-refractivity contribution in [1.29, 1.82) is 0 Å². The standard InChI is InChI=1S/C22H24N2O4/c1-23(2)12-13-24-19(16-10-7-11-17(14-16)28-3)18(21(26)22(24)27)20(25)15-8-5-4-6-9-15/h4-11,14,19,25H,12-13H2,1-3H3. The molecule has 1 aliphatic heterocycles. The Morgan fingerprint density at radius 3 is 2.46 bits per heavy atom. The minimum atomic E-state index is -0.726. The number of ether oxygens (including phenoxy) is 1. The number of benzene rings is 2. The van der Waals surface area contributed by atoms with Gasteiger partial charge < -0.3 is 19.6 Å². The predicted octanol–water partition coefficient (Wildman–Crippen LogP) is 0.0637. The van der Waals surface area contributed by atoms with Crippen molar-refractivity contribution >= 4 is 17.4 Å². The van der Waals surface area contributed by atoms with E-state index in [0.717, 1.165) is 4.90 Å². The zero-order valence-corrected chi connectivity index (χ0v) is 16.3. The Kier molecular flexibility index (Phi) is 5.80. The normalized spacial score (nSPS) is 18.7. The second-order valence-electron chi connectivity index (χ2n) is 7.07. The molecule has 0 aliphatic carbocycles. The van der Waals surface area contributed by atoms with Crippen LogP contribution in [0.2, 0.25) is 0 Å². The van der Waals surface area contributed by atoms with E-state index in [1.807, 2.05) is 20.2 Å². The van der Waals surface area contributed by atoms with Gasteiger partial charge in [-0.15, -0.1) is 0 Å². The molecular formula is C22H24N2O4. The summed E-state index contributed by atoms with van der Waals surface area (Å²) in [5.74, 6) is -1.16. The first kappa shape index (κ1) is 19.6. The summed E-state index contributed by atoms with van der Waals surface area (Å²) in [6.45, 7) is 1.03. The van der Waals surface area contributed by atoms with Crippen LogP contribution in [0.1, 0.15) is 17.2 Å². The quantitative estimate of drug-likeness (QED) is 0.437. The smallest absolute Gasteiger partial charge is 0.295 e. The number of likely N-dealkylation sites (N-methyl/N-ethyl adjacent to an activating group) is 1. The lowest BCUT2D eigenvalue weighted by molar-refractivity contribution is -0.857. The molecule has 1 N–H and O–H groups in total. The molecule has 1 amide bonds. The first-order valence-electron chi connectivity index (χ1n) is 9.19. The molecule has 2 aromatic carbocycles. The van der Waals surface area contributed by atoms with Gasteiger partial charge in [0.1, 0.15) is 5.75 Å². The highest BCUT2D eigenvalue weighted by Crippen LogP contribution is 2.39. The average molecular weight is 380 g/mol. The van der Waals surface area contributed by atoms with Crippen LogP contribution in [0.25, 0.3) is 5.76 Å². The Morgan fingerprint density at radius 1 is 1.11 bits per heavy atom. The van der Waals surface area contributed by atoms with Gasteiger partial charge in [0.2, 0.25) is 5.78 Å².